The second-order valence-corrected chi connectivity index (χ2v) is 2.56. The SMILES string of the molecule is CCOc1n[nH]c(NC(=O)/C=C/C(=O)O)n1. The lowest BCUT2D eigenvalue weighted by atomic mass is 10.5. The van der Waals surface area contributed by atoms with Crippen LogP contribution in [0, 0.1) is 0 Å². The highest BCUT2D eigenvalue weighted by molar-refractivity contribution is 6.01. The number of rotatable bonds is 5. The first-order valence-electron chi connectivity index (χ1n) is 4.39. The Morgan fingerprint density at radius 1 is 1.56 bits per heavy atom. The number of carboxylic acids is 1. The highest BCUT2D eigenvalue weighted by Gasteiger charge is 2.05. The van der Waals surface area contributed by atoms with Crippen LogP contribution in [0.2, 0.25) is 0 Å². The lowest BCUT2D eigenvalue weighted by molar-refractivity contribution is -0.131. The smallest absolute Gasteiger partial charge is 0.337 e. The largest absolute Gasteiger partial charge is 0.478 e. The molecule has 0 aromatic carbocycles. The summed E-state index contributed by atoms with van der Waals surface area (Å²) in [7, 11) is 0. The topological polar surface area (TPSA) is 117 Å². The summed E-state index contributed by atoms with van der Waals surface area (Å²) in [5.74, 6) is -1.74. The zero-order chi connectivity index (χ0) is 12.0. The number of aromatic amines is 1. The molecule has 1 rings (SSSR count). The predicted octanol–water partition coefficient (Wildman–Crippen LogP) is -0.217. The van der Waals surface area contributed by atoms with E-state index in [0.717, 1.165) is 12.2 Å². The molecule has 8 nitrogen and oxygen atoms in total. The van der Waals surface area contributed by atoms with E-state index in [1.807, 2.05) is 0 Å². The van der Waals surface area contributed by atoms with Crippen molar-refractivity contribution < 1.29 is 19.4 Å². The first-order chi connectivity index (χ1) is 7.61. The van der Waals surface area contributed by atoms with E-state index in [-0.39, 0.29) is 12.0 Å². The van der Waals surface area contributed by atoms with E-state index in [1.165, 1.54) is 0 Å². The van der Waals surface area contributed by atoms with Crippen LogP contribution in [0.4, 0.5) is 5.95 Å². The molecular formula is C8H10N4O4. The fraction of sp³-hybridized carbons (Fsp3) is 0.250. The van der Waals surface area contributed by atoms with Gasteiger partial charge in [-0.1, -0.05) is 0 Å². The summed E-state index contributed by atoms with van der Waals surface area (Å²) in [6.45, 7) is 2.17. The lowest BCUT2D eigenvalue weighted by Gasteiger charge is -1.94. The molecule has 0 radical (unpaired) electrons. The number of carbonyl (C=O) groups is 2. The van der Waals surface area contributed by atoms with Gasteiger partial charge in [-0.25, -0.2) is 9.89 Å². The van der Waals surface area contributed by atoms with Crippen LogP contribution in [0.15, 0.2) is 12.2 Å². The summed E-state index contributed by atoms with van der Waals surface area (Å²) < 4.78 is 4.95. The summed E-state index contributed by atoms with van der Waals surface area (Å²) in [5.41, 5.74) is 0. The number of anilines is 1. The third-order valence-corrected chi connectivity index (χ3v) is 1.36. The summed E-state index contributed by atoms with van der Waals surface area (Å²) in [5, 5.41) is 16.6. The molecule has 0 fully saturated rings. The number of hydrogen-bond acceptors (Lipinski definition) is 5. The molecule has 3 N–H and O–H groups in total. The second-order valence-electron chi connectivity index (χ2n) is 2.56. The van der Waals surface area contributed by atoms with E-state index in [1.54, 1.807) is 6.92 Å². The van der Waals surface area contributed by atoms with Crippen molar-refractivity contribution in [1.82, 2.24) is 15.2 Å². The zero-order valence-corrected chi connectivity index (χ0v) is 8.43. The van der Waals surface area contributed by atoms with Gasteiger partial charge in [-0.3, -0.25) is 10.1 Å². The van der Waals surface area contributed by atoms with Crippen LogP contribution in [-0.2, 0) is 9.59 Å². The number of nitrogens with zero attached hydrogens (tertiary/aromatic N) is 2. The zero-order valence-electron chi connectivity index (χ0n) is 8.43. The Bertz CT molecular complexity index is 412. The van der Waals surface area contributed by atoms with E-state index in [9.17, 15) is 9.59 Å². The van der Waals surface area contributed by atoms with Gasteiger partial charge in [0.05, 0.1) is 6.61 Å². The molecule has 1 amide bonds. The van der Waals surface area contributed by atoms with Crippen LogP contribution in [-0.4, -0.2) is 38.8 Å². The first-order valence-corrected chi connectivity index (χ1v) is 4.39. The number of hydrogen-bond donors (Lipinski definition) is 3. The molecule has 0 spiro atoms. The number of aliphatic carboxylic acids is 1. The van der Waals surface area contributed by atoms with Gasteiger partial charge in [0.25, 0.3) is 5.91 Å². The van der Waals surface area contributed by atoms with Crippen molar-refractivity contribution in [3.05, 3.63) is 12.2 Å². The van der Waals surface area contributed by atoms with Crippen molar-refractivity contribution >= 4 is 17.8 Å². The molecule has 86 valence electrons. The number of amides is 1. The summed E-state index contributed by atoms with van der Waals surface area (Å²) in [4.78, 5) is 25.0. The van der Waals surface area contributed by atoms with Gasteiger partial charge in [0.2, 0.25) is 5.95 Å². The van der Waals surface area contributed by atoms with Crippen molar-refractivity contribution in [3.63, 3.8) is 0 Å². The Morgan fingerprint density at radius 2 is 2.31 bits per heavy atom. The quantitative estimate of drug-likeness (QED) is 0.597. The molecule has 0 unspecified atom stereocenters. The minimum absolute atomic E-state index is 0.0866. The maximum absolute atomic E-state index is 11.1. The van der Waals surface area contributed by atoms with Gasteiger partial charge in [0.15, 0.2) is 0 Å². The summed E-state index contributed by atoms with van der Waals surface area (Å²) >= 11 is 0. The van der Waals surface area contributed by atoms with Gasteiger partial charge in [-0.15, -0.1) is 5.10 Å². The van der Waals surface area contributed by atoms with E-state index in [0.29, 0.717) is 6.61 Å². The van der Waals surface area contributed by atoms with Crippen molar-refractivity contribution in [2.75, 3.05) is 11.9 Å². The monoisotopic (exact) mass is 226 g/mol. The van der Waals surface area contributed by atoms with E-state index in [4.69, 9.17) is 9.84 Å². The van der Waals surface area contributed by atoms with Gasteiger partial charge in [-0.2, -0.15) is 4.98 Å². The van der Waals surface area contributed by atoms with Crippen molar-refractivity contribution in [2.45, 2.75) is 6.92 Å². The molecule has 0 saturated heterocycles. The highest BCUT2D eigenvalue weighted by atomic mass is 16.5. The Labute approximate surface area is 90.3 Å². The number of ether oxygens (including phenoxy) is 1. The fourth-order valence-corrected chi connectivity index (χ4v) is 0.801. The van der Waals surface area contributed by atoms with Crippen molar-refractivity contribution in [2.24, 2.45) is 0 Å². The van der Waals surface area contributed by atoms with E-state index < -0.39 is 11.9 Å². The van der Waals surface area contributed by atoms with Crippen LogP contribution in [0.1, 0.15) is 6.92 Å². The molecular weight excluding hydrogens is 216 g/mol. The number of carboxylic acid groups (broad SMARTS) is 1. The van der Waals surface area contributed by atoms with Crippen LogP contribution >= 0.6 is 0 Å². The molecule has 1 aromatic rings. The molecule has 0 saturated carbocycles. The average Bonchev–Trinajstić information content (AvgIpc) is 2.63. The molecule has 0 bridgehead atoms. The Kier molecular flexibility index (Phi) is 4.01. The number of carbonyl (C=O) groups excluding carboxylic acids is 1. The summed E-state index contributed by atoms with van der Waals surface area (Å²) in [6.07, 6.45) is 1.58. The van der Waals surface area contributed by atoms with Crippen LogP contribution in [0.25, 0.3) is 0 Å². The highest BCUT2D eigenvalue weighted by Crippen LogP contribution is 2.04. The predicted molar refractivity (Wildman–Crippen MR) is 53.0 cm³/mol. The standard InChI is InChI=1S/C8H10N4O4/c1-2-16-8-10-7(11-12-8)9-5(13)3-4-6(14)15/h3-4H,2H2,1H3,(H,14,15)(H2,9,10,11,12,13)/b4-3+. The minimum atomic E-state index is -1.21. The minimum Gasteiger partial charge on any atom is -0.478 e. The Hall–Kier alpha value is -2.38. The molecule has 1 aromatic heterocycles. The molecule has 0 aliphatic heterocycles. The Morgan fingerprint density at radius 3 is 2.94 bits per heavy atom. The molecule has 0 aliphatic rings. The average molecular weight is 226 g/mol. The maximum atomic E-state index is 11.1. The van der Waals surface area contributed by atoms with Gasteiger partial charge in [-0.05, 0) is 6.92 Å². The molecule has 16 heavy (non-hydrogen) atoms. The van der Waals surface area contributed by atoms with E-state index >= 15 is 0 Å². The third kappa shape index (κ3) is 3.78. The van der Waals surface area contributed by atoms with E-state index in [2.05, 4.69) is 20.5 Å². The number of H-pyrrole nitrogens is 1. The molecule has 8 heteroatoms. The second kappa shape index (κ2) is 5.49. The van der Waals surface area contributed by atoms with Gasteiger partial charge >= 0.3 is 12.0 Å². The number of aromatic nitrogens is 3. The lowest BCUT2D eigenvalue weighted by Crippen LogP contribution is -2.09. The first kappa shape index (κ1) is 11.7. The normalized spacial score (nSPS) is 10.3. The third-order valence-electron chi connectivity index (χ3n) is 1.36. The van der Waals surface area contributed by atoms with Crippen molar-refractivity contribution in [1.29, 1.82) is 0 Å². The molecule has 1 heterocycles. The van der Waals surface area contributed by atoms with Gasteiger partial charge in [0.1, 0.15) is 0 Å². The van der Waals surface area contributed by atoms with Crippen LogP contribution in [0.3, 0.4) is 0 Å². The molecule has 0 aliphatic carbocycles. The van der Waals surface area contributed by atoms with Crippen LogP contribution < -0.4 is 10.1 Å². The van der Waals surface area contributed by atoms with Crippen LogP contribution in [0.5, 0.6) is 6.01 Å². The fourth-order valence-electron chi connectivity index (χ4n) is 0.801. The maximum Gasteiger partial charge on any atom is 0.337 e. The van der Waals surface area contributed by atoms with Crippen molar-refractivity contribution in [3.8, 4) is 6.01 Å². The number of nitrogens with one attached hydrogen (secondary N) is 2. The van der Waals surface area contributed by atoms with Gasteiger partial charge < -0.3 is 9.84 Å². The van der Waals surface area contributed by atoms with Gasteiger partial charge in [0, 0.05) is 12.2 Å². The summed E-state index contributed by atoms with van der Waals surface area (Å²) in [6, 6.07) is 0.111. The molecule has 0 atom stereocenters. The Balaban J connectivity index is 2.52.